The van der Waals surface area contributed by atoms with E-state index in [9.17, 15) is 4.79 Å². The first-order chi connectivity index (χ1) is 6.24. The summed E-state index contributed by atoms with van der Waals surface area (Å²) in [7, 11) is 0. The largest absolute Gasteiger partial charge is 0.478 e. The van der Waals surface area contributed by atoms with Gasteiger partial charge in [0, 0.05) is 10.5 Å². The van der Waals surface area contributed by atoms with Crippen LogP contribution in [0.1, 0.15) is 5.56 Å². The first-order valence-electron chi connectivity index (χ1n) is 3.26. The van der Waals surface area contributed by atoms with E-state index in [4.69, 9.17) is 15.1 Å². The molecule has 0 saturated heterocycles. The Morgan fingerprint density at radius 2 is 2.54 bits per heavy atom. The second-order valence-corrected chi connectivity index (χ2v) is 2.08. The van der Waals surface area contributed by atoms with Crippen LogP contribution < -0.4 is 0 Å². The fourth-order valence-electron chi connectivity index (χ4n) is 0.697. The van der Waals surface area contributed by atoms with Crippen molar-refractivity contribution in [1.29, 1.82) is 0 Å². The van der Waals surface area contributed by atoms with E-state index in [1.165, 1.54) is 18.6 Å². The molecule has 1 heterocycles. The molecule has 66 valence electrons. The molecule has 0 unspecified atom stereocenters. The molecule has 0 atom stereocenters. The fraction of sp³-hybridized carbons (Fsp3) is 0. The molecular formula is C7H5N3O3. The number of aliphatic carboxylic acids is 1. The van der Waals surface area contributed by atoms with Gasteiger partial charge in [-0.25, -0.2) is 4.79 Å². The Kier molecular flexibility index (Phi) is 2.73. The molecule has 6 nitrogen and oxygen atoms in total. The number of azide groups is 1. The van der Waals surface area contributed by atoms with E-state index in [2.05, 4.69) is 10.0 Å². The predicted molar refractivity (Wildman–Crippen MR) is 43.5 cm³/mol. The highest BCUT2D eigenvalue weighted by Gasteiger charge is 2.04. The zero-order valence-corrected chi connectivity index (χ0v) is 6.41. The van der Waals surface area contributed by atoms with Crippen molar-refractivity contribution in [3.8, 4) is 0 Å². The maximum absolute atomic E-state index is 10.5. The number of hydrogen-bond donors (Lipinski definition) is 1. The number of hydrogen-bond acceptors (Lipinski definition) is 3. The summed E-state index contributed by atoms with van der Waals surface area (Å²) in [5.41, 5.74) is 8.21. The third-order valence-corrected chi connectivity index (χ3v) is 1.22. The molecule has 0 radical (unpaired) electrons. The van der Waals surface area contributed by atoms with Gasteiger partial charge in [-0.2, -0.15) is 0 Å². The number of carboxylic acids is 1. The predicted octanol–water partition coefficient (Wildman–Crippen LogP) is 2.02. The van der Waals surface area contributed by atoms with Crippen LogP contribution in [-0.2, 0) is 4.79 Å². The molecule has 0 aliphatic rings. The second kappa shape index (κ2) is 3.99. The summed E-state index contributed by atoms with van der Waals surface area (Å²) < 4.78 is 4.70. The Bertz CT molecular complexity index is 370. The van der Waals surface area contributed by atoms with Crippen molar-refractivity contribution in [2.45, 2.75) is 0 Å². The van der Waals surface area contributed by atoms with Crippen LogP contribution in [0.4, 0.5) is 0 Å². The van der Waals surface area contributed by atoms with Crippen molar-refractivity contribution in [1.82, 2.24) is 0 Å². The van der Waals surface area contributed by atoms with Gasteiger partial charge in [-0.3, -0.25) is 0 Å². The molecule has 1 aromatic rings. The lowest BCUT2D eigenvalue weighted by Gasteiger charge is -1.89. The lowest BCUT2D eigenvalue weighted by Crippen LogP contribution is -1.96. The third-order valence-electron chi connectivity index (χ3n) is 1.22. The van der Waals surface area contributed by atoms with Crippen molar-refractivity contribution in [3.05, 3.63) is 40.3 Å². The van der Waals surface area contributed by atoms with Gasteiger partial charge in [-0.15, -0.1) is 0 Å². The Morgan fingerprint density at radius 3 is 3.00 bits per heavy atom. The molecule has 1 rings (SSSR count). The van der Waals surface area contributed by atoms with E-state index in [1.807, 2.05) is 0 Å². The van der Waals surface area contributed by atoms with Crippen molar-refractivity contribution in [3.63, 3.8) is 0 Å². The Hall–Kier alpha value is -2.20. The van der Waals surface area contributed by atoms with Crippen LogP contribution in [0.25, 0.3) is 16.5 Å². The Labute approximate surface area is 72.7 Å². The van der Waals surface area contributed by atoms with Crippen molar-refractivity contribution >= 4 is 12.0 Å². The number of nitrogens with zero attached hydrogens (tertiary/aromatic N) is 3. The van der Waals surface area contributed by atoms with Gasteiger partial charge in [0.25, 0.3) is 0 Å². The molecule has 0 aliphatic carbocycles. The van der Waals surface area contributed by atoms with Crippen molar-refractivity contribution < 1.29 is 14.3 Å². The number of furan rings is 1. The molecule has 0 saturated carbocycles. The maximum atomic E-state index is 10.5. The monoisotopic (exact) mass is 179 g/mol. The van der Waals surface area contributed by atoms with Crippen LogP contribution >= 0.6 is 0 Å². The van der Waals surface area contributed by atoms with Gasteiger partial charge in [-0.05, 0) is 17.7 Å². The third kappa shape index (κ3) is 2.39. The van der Waals surface area contributed by atoms with Crippen LogP contribution in [0, 0.1) is 0 Å². The van der Waals surface area contributed by atoms with Crippen LogP contribution in [0.15, 0.2) is 33.8 Å². The molecule has 0 aliphatic heterocycles. The molecule has 0 fully saturated rings. The van der Waals surface area contributed by atoms with Crippen molar-refractivity contribution in [2.24, 2.45) is 5.11 Å². The van der Waals surface area contributed by atoms with Gasteiger partial charge in [-0.1, -0.05) is 5.11 Å². The molecular weight excluding hydrogens is 174 g/mol. The summed E-state index contributed by atoms with van der Waals surface area (Å²) in [6.45, 7) is 0. The summed E-state index contributed by atoms with van der Waals surface area (Å²) in [4.78, 5) is 12.8. The van der Waals surface area contributed by atoms with Crippen LogP contribution in [0.3, 0.4) is 0 Å². The average Bonchev–Trinajstić information content (AvgIpc) is 2.56. The molecule has 0 amide bonds. The minimum Gasteiger partial charge on any atom is -0.478 e. The lowest BCUT2D eigenvalue weighted by atomic mass is 10.3. The van der Waals surface area contributed by atoms with Crippen LogP contribution in [-0.4, -0.2) is 11.1 Å². The number of carboxylic acid groups (broad SMARTS) is 1. The van der Waals surface area contributed by atoms with Crippen LogP contribution in [0.5, 0.6) is 0 Å². The standard InChI is InChI=1S/C7H5N3O3/c8-10-9-6(7(11)12)3-5-1-2-13-4-5/h1-4H,(H,11,12). The molecule has 1 N–H and O–H groups in total. The molecule has 0 aromatic carbocycles. The summed E-state index contributed by atoms with van der Waals surface area (Å²) in [5, 5.41) is 11.5. The van der Waals surface area contributed by atoms with E-state index in [0.717, 1.165) is 0 Å². The van der Waals surface area contributed by atoms with Gasteiger partial charge >= 0.3 is 5.97 Å². The van der Waals surface area contributed by atoms with Gasteiger partial charge in [0.2, 0.25) is 0 Å². The zero-order valence-electron chi connectivity index (χ0n) is 6.41. The normalized spacial score (nSPS) is 10.6. The van der Waals surface area contributed by atoms with Gasteiger partial charge < -0.3 is 9.52 Å². The highest BCUT2D eigenvalue weighted by Crippen LogP contribution is 2.08. The minimum atomic E-state index is -1.28. The van der Waals surface area contributed by atoms with Crippen molar-refractivity contribution in [2.75, 3.05) is 0 Å². The number of carbonyl (C=O) groups is 1. The highest BCUT2D eigenvalue weighted by molar-refractivity contribution is 5.91. The quantitative estimate of drug-likeness (QED) is 0.332. The highest BCUT2D eigenvalue weighted by atomic mass is 16.4. The van der Waals surface area contributed by atoms with Gasteiger partial charge in [0.1, 0.15) is 5.70 Å². The Balaban J connectivity index is 3.00. The first kappa shape index (κ1) is 8.89. The topological polar surface area (TPSA) is 99.2 Å². The molecule has 6 heteroatoms. The maximum Gasteiger partial charge on any atom is 0.338 e. The molecule has 0 spiro atoms. The first-order valence-corrected chi connectivity index (χ1v) is 3.26. The average molecular weight is 179 g/mol. The summed E-state index contributed by atoms with van der Waals surface area (Å²) >= 11 is 0. The zero-order chi connectivity index (χ0) is 9.68. The van der Waals surface area contributed by atoms with E-state index >= 15 is 0 Å². The van der Waals surface area contributed by atoms with E-state index in [-0.39, 0.29) is 5.70 Å². The molecule has 13 heavy (non-hydrogen) atoms. The van der Waals surface area contributed by atoms with E-state index < -0.39 is 5.97 Å². The smallest absolute Gasteiger partial charge is 0.338 e. The Morgan fingerprint density at radius 1 is 1.77 bits per heavy atom. The summed E-state index contributed by atoms with van der Waals surface area (Å²) in [6, 6.07) is 1.55. The van der Waals surface area contributed by atoms with Gasteiger partial charge in [0.15, 0.2) is 0 Å². The molecule has 1 aromatic heterocycles. The lowest BCUT2D eigenvalue weighted by molar-refractivity contribution is -0.132. The summed E-state index contributed by atoms with van der Waals surface area (Å²) in [5.74, 6) is -1.28. The second-order valence-electron chi connectivity index (χ2n) is 2.08. The van der Waals surface area contributed by atoms with Crippen LogP contribution in [0.2, 0.25) is 0 Å². The van der Waals surface area contributed by atoms with E-state index in [0.29, 0.717) is 5.56 Å². The number of rotatable bonds is 3. The molecule has 0 bridgehead atoms. The van der Waals surface area contributed by atoms with Gasteiger partial charge in [0.05, 0.1) is 12.5 Å². The fourth-order valence-corrected chi connectivity index (χ4v) is 0.697. The van der Waals surface area contributed by atoms with E-state index in [1.54, 1.807) is 6.07 Å². The minimum absolute atomic E-state index is 0.371. The SMILES string of the molecule is [N-]=[N+]=NC(=Cc1ccoc1)C(=O)O. The summed E-state index contributed by atoms with van der Waals surface area (Å²) in [6.07, 6.45) is 3.95.